The quantitative estimate of drug-likeness (QED) is 0.622. The molecule has 0 spiro atoms. The average Bonchev–Trinajstić information content (AvgIpc) is 2.03. The molecule has 0 heterocycles. The molecule has 1 aromatic rings. The zero-order valence-electron chi connectivity index (χ0n) is 6.20. The maximum Gasteiger partial charge on any atom is 0.0615 e. The van der Waals surface area contributed by atoms with Crippen molar-refractivity contribution in [2.24, 2.45) is 0 Å². The summed E-state index contributed by atoms with van der Waals surface area (Å²) in [4.78, 5) is 0. The minimum Gasteiger partial charge on any atom is -0.398 e. The molecule has 11 heavy (non-hydrogen) atoms. The minimum absolute atomic E-state index is 0.0499. The van der Waals surface area contributed by atoms with Crippen molar-refractivity contribution in [3.8, 4) is 0 Å². The normalized spacial score (nSPS) is 10.6. The Morgan fingerprint density at radius 1 is 1.36 bits per heavy atom. The average molecular weight is 149 g/mol. The van der Waals surface area contributed by atoms with Crippen LogP contribution in [0.15, 0.2) is 30.3 Å². The summed E-state index contributed by atoms with van der Waals surface area (Å²) in [5.74, 6) is 0. The summed E-state index contributed by atoms with van der Waals surface area (Å²) >= 11 is 0. The molecule has 0 saturated carbocycles. The summed E-state index contributed by atoms with van der Waals surface area (Å²) in [6.45, 7) is 0.0499. The highest BCUT2D eigenvalue weighted by atomic mass is 16.2. The standard InChI is InChI=1S/C9H11NO/c10-9-6-2-1-4-8(9)5-3-7-11/h1-6,11H,7,10H2. The van der Waals surface area contributed by atoms with Crippen LogP contribution in [-0.4, -0.2) is 11.7 Å². The van der Waals surface area contributed by atoms with Crippen LogP contribution in [0.4, 0.5) is 5.69 Å². The van der Waals surface area contributed by atoms with Gasteiger partial charge in [-0.1, -0.05) is 30.4 Å². The Kier molecular flexibility index (Phi) is 2.69. The number of nitrogen functional groups attached to an aromatic ring is 1. The third-order valence-electron chi connectivity index (χ3n) is 1.40. The highest BCUT2D eigenvalue weighted by Crippen LogP contribution is 2.11. The van der Waals surface area contributed by atoms with Gasteiger partial charge in [-0.2, -0.15) is 0 Å². The Bertz CT molecular complexity index is 255. The second-order valence-corrected chi connectivity index (χ2v) is 2.21. The van der Waals surface area contributed by atoms with E-state index in [9.17, 15) is 0 Å². The van der Waals surface area contributed by atoms with Crippen LogP contribution in [-0.2, 0) is 0 Å². The van der Waals surface area contributed by atoms with Crippen LogP contribution in [0.25, 0.3) is 6.08 Å². The van der Waals surface area contributed by atoms with E-state index in [0.717, 1.165) is 11.3 Å². The number of hydrogen-bond acceptors (Lipinski definition) is 2. The summed E-state index contributed by atoms with van der Waals surface area (Å²) in [6.07, 6.45) is 3.46. The lowest BCUT2D eigenvalue weighted by atomic mass is 10.2. The number of aliphatic hydroxyl groups excluding tert-OH is 1. The van der Waals surface area contributed by atoms with Crippen molar-refractivity contribution in [2.75, 3.05) is 12.3 Å². The maximum atomic E-state index is 8.49. The second-order valence-electron chi connectivity index (χ2n) is 2.21. The van der Waals surface area contributed by atoms with Crippen LogP contribution in [0.3, 0.4) is 0 Å². The first-order valence-electron chi connectivity index (χ1n) is 3.46. The number of benzene rings is 1. The van der Waals surface area contributed by atoms with E-state index in [1.807, 2.05) is 24.3 Å². The van der Waals surface area contributed by atoms with Gasteiger partial charge in [-0.3, -0.25) is 0 Å². The van der Waals surface area contributed by atoms with E-state index in [1.54, 1.807) is 12.2 Å². The SMILES string of the molecule is Nc1ccccc1C=CCO. The predicted molar refractivity (Wildman–Crippen MR) is 47.0 cm³/mol. The fraction of sp³-hybridized carbons (Fsp3) is 0.111. The van der Waals surface area contributed by atoms with Crippen molar-refractivity contribution < 1.29 is 5.11 Å². The lowest BCUT2D eigenvalue weighted by Crippen LogP contribution is -1.87. The van der Waals surface area contributed by atoms with Gasteiger partial charge in [-0.25, -0.2) is 0 Å². The molecular formula is C9H11NO. The van der Waals surface area contributed by atoms with Gasteiger partial charge in [0, 0.05) is 5.69 Å². The summed E-state index contributed by atoms with van der Waals surface area (Å²) < 4.78 is 0. The molecule has 0 aromatic heterocycles. The van der Waals surface area contributed by atoms with E-state index in [-0.39, 0.29) is 6.61 Å². The predicted octanol–water partition coefficient (Wildman–Crippen LogP) is 1.27. The molecule has 1 aromatic carbocycles. The molecule has 0 aliphatic rings. The van der Waals surface area contributed by atoms with E-state index < -0.39 is 0 Å². The van der Waals surface area contributed by atoms with Crippen LogP contribution in [0.2, 0.25) is 0 Å². The number of hydrogen-bond donors (Lipinski definition) is 2. The van der Waals surface area contributed by atoms with Gasteiger partial charge in [0.15, 0.2) is 0 Å². The Morgan fingerprint density at radius 3 is 2.73 bits per heavy atom. The molecular weight excluding hydrogens is 138 g/mol. The molecule has 0 aliphatic heterocycles. The summed E-state index contributed by atoms with van der Waals surface area (Å²) in [5.41, 5.74) is 7.31. The van der Waals surface area contributed by atoms with Crippen molar-refractivity contribution in [1.29, 1.82) is 0 Å². The molecule has 58 valence electrons. The zero-order chi connectivity index (χ0) is 8.10. The van der Waals surface area contributed by atoms with Crippen molar-refractivity contribution in [3.63, 3.8) is 0 Å². The van der Waals surface area contributed by atoms with E-state index in [2.05, 4.69) is 0 Å². The Balaban J connectivity index is 2.86. The highest BCUT2D eigenvalue weighted by molar-refractivity contribution is 5.63. The van der Waals surface area contributed by atoms with Crippen LogP contribution < -0.4 is 5.73 Å². The number of aliphatic hydroxyl groups is 1. The highest BCUT2D eigenvalue weighted by Gasteiger charge is 1.89. The molecule has 2 heteroatoms. The van der Waals surface area contributed by atoms with Gasteiger partial charge < -0.3 is 10.8 Å². The molecule has 0 unspecified atom stereocenters. The third kappa shape index (κ3) is 2.09. The Labute approximate surface area is 66.0 Å². The number of anilines is 1. The topological polar surface area (TPSA) is 46.2 Å². The summed E-state index contributed by atoms with van der Waals surface area (Å²) in [7, 11) is 0. The molecule has 0 amide bonds. The maximum absolute atomic E-state index is 8.49. The van der Waals surface area contributed by atoms with Crippen LogP contribution in [0.1, 0.15) is 5.56 Å². The Morgan fingerprint density at radius 2 is 2.09 bits per heavy atom. The molecule has 0 saturated heterocycles. The van der Waals surface area contributed by atoms with E-state index in [0.29, 0.717) is 0 Å². The van der Waals surface area contributed by atoms with Gasteiger partial charge in [0.25, 0.3) is 0 Å². The monoisotopic (exact) mass is 149 g/mol. The molecule has 0 aliphatic carbocycles. The molecule has 1 rings (SSSR count). The molecule has 2 nitrogen and oxygen atoms in total. The van der Waals surface area contributed by atoms with Crippen molar-refractivity contribution in [3.05, 3.63) is 35.9 Å². The second kappa shape index (κ2) is 3.78. The fourth-order valence-corrected chi connectivity index (χ4v) is 0.842. The van der Waals surface area contributed by atoms with Crippen molar-refractivity contribution >= 4 is 11.8 Å². The lowest BCUT2D eigenvalue weighted by molar-refractivity contribution is 0.343. The first-order valence-corrected chi connectivity index (χ1v) is 3.46. The van der Waals surface area contributed by atoms with Gasteiger partial charge in [-0.15, -0.1) is 0 Å². The van der Waals surface area contributed by atoms with E-state index in [1.165, 1.54) is 0 Å². The molecule has 0 radical (unpaired) electrons. The molecule has 0 bridgehead atoms. The Hall–Kier alpha value is -1.28. The lowest BCUT2D eigenvalue weighted by Gasteiger charge is -1.96. The van der Waals surface area contributed by atoms with Crippen LogP contribution >= 0.6 is 0 Å². The van der Waals surface area contributed by atoms with Crippen LogP contribution in [0.5, 0.6) is 0 Å². The first-order chi connectivity index (χ1) is 5.34. The fourth-order valence-electron chi connectivity index (χ4n) is 0.842. The van der Waals surface area contributed by atoms with Gasteiger partial charge in [0.1, 0.15) is 0 Å². The summed E-state index contributed by atoms with van der Waals surface area (Å²) in [6, 6.07) is 7.53. The smallest absolute Gasteiger partial charge is 0.0615 e. The third-order valence-corrected chi connectivity index (χ3v) is 1.40. The van der Waals surface area contributed by atoms with Gasteiger partial charge in [0.2, 0.25) is 0 Å². The zero-order valence-corrected chi connectivity index (χ0v) is 6.20. The molecule has 0 atom stereocenters. The van der Waals surface area contributed by atoms with Crippen molar-refractivity contribution in [2.45, 2.75) is 0 Å². The number of nitrogens with two attached hydrogens (primary N) is 1. The number of rotatable bonds is 2. The van der Waals surface area contributed by atoms with E-state index >= 15 is 0 Å². The van der Waals surface area contributed by atoms with E-state index in [4.69, 9.17) is 10.8 Å². The van der Waals surface area contributed by atoms with Gasteiger partial charge in [-0.05, 0) is 11.6 Å². The minimum atomic E-state index is 0.0499. The molecule has 3 N–H and O–H groups in total. The van der Waals surface area contributed by atoms with Crippen molar-refractivity contribution in [1.82, 2.24) is 0 Å². The van der Waals surface area contributed by atoms with Gasteiger partial charge >= 0.3 is 0 Å². The summed E-state index contributed by atoms with van der Waals surface area (Å²) in [5, 5.41) is 8.49. The number of para-hydroxylation sites is 1. The first kappa shape index (κ1) is 7.82. The molecule has 0 fully saturated rings. The largest absolute Gasteiger partial charge is 0.398 e. The van der Waals surface area contributed by atoms with Crippen LogP contribution in [0, 0.1) is 0 Å². The van der Waals surface area contributed by atoms with Gasteiger partial charge in [0.05, 0.1) is 6.61 Å².